The molecule has 1 aromatic heterocycles. The van der Waals surface area contributed by atoms with Gasteiger partial charge >= 0.3 is 0 Å². The van der Waals surface area contributed by atoms with Gasteiger partial charge in [0.15, 0.2) is 0 Å². The molecule has 3 heteroatoms. The zero-order valence-electron chi connectivity index (χ0n) is 10.2. The zero-order valence-corrected chi connectivity index (χ0v) is 10.2. The molecule has 2 aromatic rings. The van der Waals surface area contributed by atoms with Crippen LogP contribution in [0.5, 0.6) is 0 Å². The number of nitrogens with one attached hydrogen (secondary N) is 1. The molecule has 0 atom stereocenters. The van der Waals surface area contributed by atoms with Crippen molar-refractivity contribution < 1.29 is 0 Å². The van der Waals surface area contributed by atoms with Gasteiger partial charge in [-0.25, -0.2) is 0 Å². The number of anilines is 1. The van der Waals surface area contributed by atoms with Crippen LogP contribution in [0.3, 0.4) is 0 Å². The third kappa shape index (κ3) is 3.28. The lowest BCUT2D eigenvalue weighted by atomic mass is 10.1. The summed E-state index contributed by atoms with van der Waals surface area (Å²) < 4.78 is 0. The maximum Gasteiger partial charge on any atom is 0.148 e. The van der Waals surface area contributed by atoms with Gasteiger partial charge in [0.25, 0.3) is 0 Å². The van der Waals surface area contributed by atoms with E-state index < -0.39 is 0 Å². The minimum absolute atomic E-state index is 0.602. The fraction of sp³-hybridized carbons (Fsp3) is 0.286. The predicted octanol–water partition coefficient (Wildman–Crippen LogP) is 3.21. The molecule has 0 aliphatic carbocycles. The Morgan fingerprint density at radius 3 is 2.35 bits per heavy atom. The highest BCUT2D eigenvalue weighted by Crippen LogP contribution is 2.16. The first-order valence-corrected chi connectivity index (χ1v) is 5.89. The van der Waals surface area contributed by atoms with E-state index in [0.29, 0.717) is 5.92 Å². The van der Waals surface area contributed by atoms with Gasteiger partial charge in [-0.1, -0.05) is 44.2 Å². The molecule has 2 rings (SSSR count). The summed E-state index contributed by atoms with van der Waals surface area (Å²) in [6.45, 7) is 5.25. The first-order chi connectivity index (χ1) is 8.25. The summed E-state index contributed by atoms with van der Waals surface area (Å²) in [6, 6.07) is 14.0. The average Bonchev–Trinajstić information content (AvgIpc) is 2.38. The van der Waals surface area contributed by atoms with Crippen molar-refractivity contribution in [1.82, 2.24) is 10.2 Å². The van der Waals surface area contributed by atoms with Crippen LogP contribution >= 0.6 is 0 Å². The molecule has 1 aromatic carbocycles. The van der Waals surface area contributed by atoms with Crippen molar-refractivity contribution in [3.63, 3.8) is 0 Å². The van der Waals surface area contributed by atoms with Gasteiger partial charge in [-0.05, 0) is 18.1 Å². The molecule has 1 N–H and O–H groups in total. The largest absolute Gasteiger partial charge is 0.368 e. The molecule has 0 unspecified atom stereocenters. The SMILES string of the molecule is CC(C)CNc1ccc(-c2ccccc2)nn1. The van der Waals surface area contributed by atoms with Crippen molar-refractivity contribution in [2.75, 3.05) is 11.9 Å². The second-order valence-electron chi connectivity index (χ2n) is 4.44. The Kier molecular flexibility index (Phi) is 3.70. The molecule has 0 saturated heterocycles. The fourth-order valence-electron chi connectivity index (χ4n) is 1.50. The third-order valence-corrected chi connectivity index (χ3v) is 2.43. The molecular formula is C14H17N3. The number of aromatic nitrogens is 2. The maximum absolute atomic E-state index is 4.21. The van der Waals surface area contributed by atoms with E-state index in [1.807, 2.05) is 42.5 Å². The number of nitrogens with zero attached hydrogens (tertiary/aromatic N) is 2. The van der Waals surface area contributed by atoms with E-state index in [4.69, 9.17) is 0 Å². The fourth-order valence-corrected chi connectivity index (χ4v) is 1.50. The number of rotatable bonds is 4. The molecule has 0 aliphatic heterocycles. The van der Waals surface area contributed by atoms with Crippen LogP contribution < -0.4 is 5.32 Å². The first kappa shape index (κ1) is 11.6. The van der Waals surface area contributed by atoms with Crippen molar-refractivity contribution in [1.29, 1.82) is 0 Å². The molecule has 3 nitrogen and oxygen atoms in total. The lowest BCUT2D eigenvalue weighted by Gasteiger charge is -2.07. The van der Waals surface area contributed by atoms with Crippen molar-refractivity contribution in [3.8, 4) is 11.3 Å². The van der Waals surface area contributed by atoms with Gasteiger partial charge in [0.1, 0.15) is 5.82 Å². The standard InChI is InChI=1S/C14H17N3/c1-11(2)10-15-14-9-8-13(16-17-14)12-6-4-3-5-7-12/h3-9,11H,10H2,1-2H3,(H,15,17). The van der Waals surface area contributed by atoms with E-state index in [1.54, 1.807) is 0 Å². The van der Waals surface area contributed by atoms with Crippen LogP contribution in [-0.2, 0) is 0 Å². The topological polar surface area (TPSA) is 37.8 Å². The highest BCUT2D eigenvalue weighted by Gasteiger charge is 2.00. The molecule has 88 valence electrons. The molecular weight excluding hydrogens is 210 g/mol. The Hall–Kier alpha value is -1.90. The minimum atomic E-state index is 0.602. The molecule has 17 heavy (non-hydrogen) atoms. The molecule has 0 bridgehead atoms. The summed E-state index contributed by atoms with van der Waals surface area (Å²) in [7, 11) is 0. The van der Waals surface area contributed by atoms with E-state index in [0.717, 1.165) is 23.6 Å². The second-order valence-corrected chi connectivity index (χ2v) is 4.44. The Bertz CT molecular complexity index is 449. The van der Waals surface area contributed by atoms with Gasteiger partial charge in [0, 0.05) is 12.1 Å². The van der Waals surface area contributed by atoms with Crippen molar-refractivity contribution in [3.05, 3.63) is 42.5 Å². The Morgan fingerprint density at radius 2 is 1.76 bits per heavy atom. The quantitative estimate of drug-likeness (QED) is 0.871. The molecule has 0 radical (unpaired) electrons. The predicted molar refractivity (Wildman–Crippen MR) is 70.8 cm³/mol. The van der Waals surface area contributed by atoms with Crippen LogP contribution in [0, 0.1) is 5.92 Å². The summed E-state index contributed by atoms with van der Waals surface area (Å²) in [4.78, 5) is 0. The normalized spacial score (nSPS) is 10.5. The van der Waals surface area contributed by atoms with E-state index in [2.05, 4.69) is 29.4 Å². The number of hydrogen-bond donors (Lipinski definition) is 1. The van der Waals surface area contributed by atoms with Gasteiger partial charge in [-0.15, -0.1) is 10.2 Å². The Labute approximate surface area is 102 Å². The van der Waals surface area contributed by atoms with Crippen molar-refractivity contribution in [2.24, 2.45) is 5.92 Å². The summed E-state index contributed by atoms with van der Waals surface area (Å²) >= 11 is 0. The van der Waals surface area contributed by atoms with E-state index in [-0.39, 0.29) is 0 Å². The molecule has 0 saturated carbocycles. The molecule has 0 amide bonds. The number of hydrogen-bond acceptors (Lipinski definition) is 3. The van der Waals surface area contributed by atoms with Crippen LogP contribution in [0.2, 0.25) is 0 Å². The molecule has 0 aliphatic rings. The van der Waals surface area contributed by atoms with Gasteiger partial charge in [-0.3, -0.25) is 0 Å². The maximum atomic E-state index is 4.21. The second kappa shape index (κ2) is 5.43. The molecule has 0 fully saturated rings. The summed E-state index contributed by atoms with van der Waals surface area (Å²) in [5, 5.41) is 11.6. The van der Waals surface area contributed by atoms with Crippen LogP contribution in [-0.4, -0.2) is 16.7 Å². The summed E-state index contributed by atoms with van der Waals surface area (Å²) in [6.07, 6.45) is 0. The first-order valence-electron chi connectivity index (χ1n) is 5.89. The van der Waals surface area contributed by atoms with Gasteiger partial charge < -0.3 is 5.32 Å². The van der Waals surface area contributed by atoms with Crippen LogP contribution in [0.25, 0.3) is 11.3 Å². The summed E-state index contributed by atoms with van der Waals surface area (Å²) in [5.74, 6) is 1.43. The van der Waals surface area contributed by atoms with Crippen LogP contribution in [0.15, 0.2) is 42.5 Å². The molecule has 0 spiro atoms. The van der Waals surface area contributed by atoms with Gasteiger partial charge in [-0.2, -0.15) is 0 Å². The third-order valence-electron chi connectivity index (χ3n) is 2.43. The van der Waals surface area contributed by atoms with Crippen LogP contribution in [0.4, 0.5) is 5.82 Å². The molecule has 1 heterocycles. The zero-order chi connectivity index (χ0) is 12.1. The van der Waals surface area contributed by atoms with E-state index >= 15 is 0 Å². The van der Waals surface area contributed by atoms with Gasteiger partial charge in [0.05, 0.1) is 5.69 Å². The van der Waals surface area contributed by atoms with Crippen LogP contribution in [0.1, 0.15) is 13.8 Å². The Morgan fingerprint density at radius 1 is 1.00 bits per heavy atom. The summed E-state index contributed by atoms with van der Waals surface area (Å²) in [5.41, 5.74) is 2.00. The van der Waals surface area contributed by atoms with Gasteiger partial charge in [0.2, 0.25) is 0 Å². The van der Waals surface area contributed by atoms with Crippen molar-refractivity contribution >= 4 is 5.82 Å². The lowest BCUT2D eigenvalue weighted by Crippen LogP contribution is -2.09. The average molecular weight is 227 g/mol. The smallest absolute Gasteiger partial charge is 0.148 e. The van der Waals surface area contributed by atoms with E-state index in [1.165, 1.54) is 0 Å². The minimum Gasteiger partial charge on any atom is -0.368 e. The van der Waals surface area contributed by atoms with E-state index in [9.17, 15) is 0 Å². The highest BCUT2D eigenvalue weighted by molar-refractivity contribution is 5.59. The highest BCUT2D eigenvalue weighted by atomic mass is 15.2. The lowest BCUT2D eigenvalue weighted by molar-refractivity contribution is 0.686. The number of benzene rings is 1. The monoisotopic (exact) mass is 227 g/mol. The Balaban J connectivity index is 2.08. The van der Waals surface area contributed by atoms with Crippen molar-refractivity contribution in [2.45, 2.75) is 13.8 Å².